The Morgan fingerprint density at radius 1 is 1.25 bits per heavy atom. The van der Waals surface area contributed by atoms with Crippen LogP contribution in [-0.2, 0) is 9.53 Å². The zero-order valence-electron chi connectivity index (χ0n) is 15.8. The standard InChI is InChI=1S/C22H24ClNO4/c1-2-26-20-8-4-3-6-16(20)9-12-22(25)24-19-14-17(23)10-11-21(19)28-15-18-7-5-13-27-18/h3-4,6,8-12,14,18H,2,5,7,13,15H2,1H3,(H,24,25)/b12-9+. The average Bonchev–Trinajstić information content (AvgIpc) is 3.20. The van der Waals surface area contributed by atoms with Crippen molar-refractivity contribution in [2.45, 2.75) is 25.9 Å². The molecule has 1 fully saturated rings. The molecular weight excluding hydrogens is 378 g/mol. The highest BCUT2D eigenvalue weighted by Gasteiger charge is 2.17. The van der Waals surface area contributed by atoms with E-state index in [1.165, 1.54) is 6.08 Å². The third-order valence-electron chi connectivity index (χ3n) is 4.28. The van der Waals surface area contributed by atoms with Crippen LogP contribution in [0.15, 0.2) is 48.5 Å². The highest BCUT2D eigenvalue weighted by Crippen LogP contribution is 2.29. The molecule has 0 bridgehead atoms. The van der Waals surface area contributed by atoms with E-state index in [2.05, 4.69) is 5.32 Å². The summed E-state index contributed by atoms with van der Waals surface area (Å²) in [6, 6.07) is 12.7. The molecule has 5 nitrogen and oxygen atoms in total. The summed E-state index contributed by atoms with van der Waals surface area (Å²) in [4.78, 5) is 12.4. The Balaban J connectivity index is 1.66. The van der Waals surface area contributed by atoms with Gasteiger partial charge in [0.15, 0.2) is 0 Å². The summed E-state index contributed by atoms with van der Waals surface area (Å²) in [6.45, 7) is 3.70. The molecule has 148 valence electrons. The monoisotopic (exact) mass is 401 g/mol. The van der Waals surface area contributed by atoms with Crippen LogP contribution in [0.5, 0.6) is 11.5 Å². The van der Waals surface area contributed by atoms with Gasteiger partial charge in [-0.25, -0.2) is 0 Å². The minimum Gasteiger partial charge on any atom is -0.493 e. The van der Waals surface area contributed by atoms with Gasteiger partial charge in [-0.1, -0.05) is 29.8 Å². The van der Waals surface area contributed by atoms with Crippen molar-refractivity contribution in [3.8, 4) is 11.5 Å². The van der Waals surface area contributed by atoms with E-state index in [4.69, 9.17) is 25.8 Å². The van der Waals surface area contributed by atoms with Gasteiger partial charge in [-0.05, 0) is 50.1 Å². The number of rotatable bonds is 8. The summed E-state index contributed by atoms with van der Waals surface area (Å²) in [5.41, 5.74) is 1.36. The molecule has 1 atom stereocenters. The fourth-order valence-electron chi connectivity index (χ4n) is 2.93. The molecule has 28 heavy (non-hydrogen) atoms. The van der Waals surface area contributed by atoms with E-state index < -0.39 is 0 Å². The maximum atomic E-state index is 12.4. The molecular formula is C22H24ClNO4. The van der Waals surface area contributed by atoms with E-state index in [0.717, 1.165) is 30.8 Å². The molecule has 1 aliphatic rings. The average molecular weight is 402 g/mol. The van der Waals surface area contributed by atoms with Crippen molar-refractivity contribution in [1.29, 1.82) is 0 Å². The van der Waals surface area contributed by atoms with Crippen LogP contribution in [0, 0.1) is 0 Å². The maximum Gasteiger partial charge on any atom is 0.248 e. The van der Waals surface area contributed by atoms with Gasteiger partial charge in [0.2, 0.25) is 5.91 Å². The fourth-order valence-corrected chi connectivity index (χ4v) is 3.10. The number of benzene rings is 2. The Morgan fingerprint density at radius 3 is 2.89 bits per heavy atom. The van der Waals surface area contributed by atoms with Crippen molar-refractivity contribution < 1.29 is 19.0 Å². The molecule has 0 saturated carbocycles. The van der Waals surface area contributed by atoms with Gasteiger partial charge in [0.25, 0.3) is 0 Å². The van der Waals surface area contributed by atoms with Gasteiger partial charge in [-0.3, -0.25) is 4.79 Å². The molecule has 6 heteroatoms. The third kappa shape index (κ3) is 5.75. The van der Waals surface area contributed by atoms with Crippen LogP contribution < -0.4 is 14.8 Å². The lowest BCUT2D eigenvalue weighted by Gasteiger charge is -2.15. The number of para-hydroxylation sites is 1. The van der Waals surface area contributed by atoms with Crippen molar-refractivity contribution in [3.05, 3.63) is 59.1 Å². The summed E-state index contributed by atoms with van der Waals surface area (Å²) >= 11 is 6.09. The number of carbonyl (C=O) groups is 1. The van der Waals surface area contributed by atoms with E-state index in [-0.39, 0.29) is 12.0 Å². The van der Waals surface area contributed by atoms with E-state index in [1.54, 1.807) is 24.3 Å². The van der Waals surface area contributed by atoms with Crippen LogP contribution in [-0.4, -0.2) is 31.8 Å². The van der Waals surface area contributed by atoms with Crippen LogP contribution in [0.3, 0.4) is 0 Å². The van der Waals surface area contributed by atoms with Gasteiger partial charge >= 0.3 is 0 Å². The van der Waals surface area contributed by atoms with Gasteiger partial charge in [0, 0.05) is 23.3 Å². The number of ether oxygens (including phenoxy) is 3. The zero-order valence-corrected chi connectivity index (χ0v) is 16.6. The number of carbonyl (C=O) groups excluding carboxylic acids is 1. The van der Waals surface area contributed by atoms with Crippen molar-refractivity contribution >= 4 is 29.3 Å². The zero-order chi connectivity index (χ0) is 19.8. The van der Waals surface area contributed by atoms with E-state index in [0.29, 0.717) is 29.7 Å². The molecule has 1 amide bonds. The first-order chi connectivity index (χ1) is 13.7. The molecule has 0 spiro atoms. The Labute approximate surface area is 170 Å². The topological polar surface area (TPSA) is 56.8 Å². The molecule has 1 aliphatic heterocycles. The predicted molar refractivity (Wildman–Crippen MR) is 111 cm³/mol. The Bertz CT molecular complexity index is 831. The summed E-state index contributed by atoms with van der Waals surface area (Å²) in [5, 5.41) is 3.35. The number of hydrogen-bond donors (Lipinski definition) is 1. The summed E-state index contributed by atoms with van der Waals surface area (Å²) < 4.78 is 17.0. The first-order valence-electron chi connectivity index (χ1n) is 9.40. The quantitative estimate of drug-likeness (QED) is 0.636. The molecule has 1 heterocycles. The molecule has 1 N–H and O–H groups in total. The van der Waals surface area contributed by atoms with Crippen LogP contribution in [0.1, 0.15) is 25.3 Å². The summed E-state index contributed by atoms with van der Waals surface area (Å²) in [7, 11) is 0. The van der Waals surface area contributed by atoms with Crippen LogP contribution >= 0.6 is 11.6 Å². The van der Waals surface area contributed by atoms with E-state index in [1.807, 2.05) is 31.2 Å². The highest BCUT2D eigenvalue weighted by atomic mass is 35.5. The number of amides is 1. The summed E-state index contributed by atoms with van der Waals surface area (Å²) in [6.07, 6.45) is 5.30. The predicted octanol–water partition coefficient (Wildman–Crippen LogP) is 4.95. The Hall–Kier alpha value is -2.50. The normalized spacial score (nSPS) is 16.3. The molecule has 0 radical (unpaired) electrons. The summed E-state index contributed by atoms with van der Waals surface area (Å²) in [5.74, 6) is 1.02. The number of hydrogen-bond acceptors (Lipinski definition) is 4. The van der Waals surface area contributed by atoms with Crippen molar-refractivity contribution in [3.63, 3.8) is 0 Å². The largest absolute Gasteiger partial charge is 0.493 e. The van der Waals surface area contributed by atoms with Gasteiger partial charge < -0.3 is 19.5 Å². The van der Waals surface area contributed by atoms with Crippen molar-refractivity contribution in [1.82, 2.24) is 0 Å². The molecule has 0 aliphatic carbocycles. The second kappa shape index (κ2) is 10.2. The lowest BCUT2D eigenvalue weighted by molar-refractivity contribution is -0.111. The molecule has 2 aromatic rings. The Kier molecular flexibility index (Phi) is 7.34. The first kappa shape index (κ1) is 20.2. The number of halogens is 1. The van der Waals surface area contributed by atoms with Crippen molar-refractivity contribution in [2.75, 3.05) is 25.1 Å². The smallest absolute Gasteiger partial charge is 0.248 e. The van der Waals surface area contributed by atoms with Crippen molar-refractivity contribution in [2.24, 2.45) is 0 Å². The molecule has 3 rings (SSSR count). The molecule has 1 unspecified atom stereocenters. The lowest BCUT2D eigenvalue weighted by atomic mass is 10.2. The minimum absolute atomic E-state index is 0.0918. The van der Waals surface area contributed by atoms with Gasteiger partial charge in [-0.2, -0.15) is 0 Å². The SMILES string of the molecule is CCOc1ccccc1/C=C/C(=O)Nc1cc(Cl)ccc1OCC1CCCO1. The molecule has 2 aromatic carbocycles. The fraction of sp³-hybridized carbons (Fsp3) is 0.318. The second-order valence-electron chi connectivity index (χ2n) is 6.38. The molecule has 0 aromatic heterocycles. The van der Waals surface area contributed by atoms with E-state index in [9.17, 15) is 4.79 Å². The minimum atomic E-state index is -0.282. The van der Waals surface area contributed by atoms with Crippen LogP contribution in [0.25, 0.3) is 6.08 Å². The Morgan fingerprint density at radius 2 is 2.11 bits per heavy atom. The lowest BCUT2D eigenvalue weighted by Crippen LogP contribution is -2.17. The maximum absolute atomic E-state index is 12.4. The van der Waals surface area contributed by atoms with Gasteiger partial charge in [0.05, 0.1) is 18.4 Å². The van der Waals surface area contributed by atoms with Crippen LogP contribution in [0.2, 0.25) is 5.02 Å². The van der Waals surface area contributed by atoms with Crippen LogP contribution in [0.4, 0.5) is 5.69 Å². The number of anilines is 1. The second-order valence-corrected chi connectivity index (χ2v) is 6.82. The van der Waals surface area contributed by atoms with Gasteiger partial charge in [-0.15, -0.1) is 0 Å². The third-order valence-corrected chi connectivity index (χ3v) is 4.52. The molecule has 1 saturated heterocycles. The highest BCUT2D eigenvalue weighted by molar-refractivity contribution is 6.31. The number of nitrogens with one attached hydrogen (secondary N) is 1. The first-order valence-corrected chi connectivity index (χ1v) is 9.78. The van der Waals surface area contributed by atoms with Gasteiger partial charge in [0.1, 0.15) is 18.1 Å². The van der Waals surface area contributed by atoms with E-state index >= 15 is 0 Å².